The molecule has 6 nitrogen and oxygen atoms in total. The Kier molecular flexibility index (Phi) is 4.84. The van der Waals surface area contributed by atoms with Crippen molar-refractivity contribution in [2.75, 3.05) is 31.2 Å². The molecule has 0 spiro atoms. The zero-order valence-corrected chi connectivity index (χ0v) is 14.7. The first kappa shape index (κ1) is 16.6. The fourth-order valence-corrected chi connectivity index (χ4v) is 2.91. The molecule has 0 N–H and O–H groups in total. The van der Waals surface area contributed by atoms with Crippen LogP contribution in [0.4, 0.5) is 5.69 Å². The topological polar surface area (TPSA) is 60.6 Å². The van der Waals surface area contributed by atoms with Crippen molar-refractivity contribution < 1.29 is 14.0 Å². The predicted molar refractivity (Wildman–Crippen MR) is 98.3 cm³/mol. The average molecular weight is 351 g/mol. The van der Waals surface area contributed by atoms with Crippen LogP contribution < -0.4 is 9.64 Å². The first-order valence-corrected chi connectivity index (χ1v) is 8.78. The maximum absolute atomic E-state index is 5.83. The van der Waals surface area contributed by atoms with Crippen LogP contribution in [0.2, 0.25) is 0 Å². The smallest absolute Gasteiger partial charge is 0.267 e. The van der Waals surface area contributed by atoms with Crippen molar-refractivity contribution >= 4 is 5.69 Å². The molecule has 4 rings (SSSR count). The van der Waals surface area contributed by atoms with Crippen LogP contribution in [0.25, 0.3) is 11.4 Å². The lowest BCUT2D eigenvalue weighted by Crippen LogP contribution is -2.36. The van der Waals surface area contributed by atoms with Crippen molar-refractivity contribution in [2.45, 2.75) is 13.0 Å². The second kappa shape index (κ2) is 7.58. The van der Waals surface area contributed by atoms with Crippen molar-refractivity contribution in [3.05, 3.63) is 60.5 Å². The summed E-state index contributed by atoms with van der Waals surface area (Å²) in [5.41, 5.74) is 2.10. The molecule has 1 aliphatic rings. The minimum atomic E-state index is -0.314. The van der Waals surface area contributed by atoms with E-state index in [0.717, 1.165) is 37.6 Å². The largest absolute Gasteiger partial charge is 0.481 e. The summed E-state index contributed by atoms with van der Waals surface area (Å²) in [6, 6.07) is 17.8. The first-order chi connectivity index (χ1) is 12.8. The fraction of sp³-hybridized carbons (Fsp3) is 0.300. The number of aromatic nitrogens is 2. The van der Waals surface area contributed by atoms with Gasteiger partial charge in [0, 0.05) is 24.3 Å². The number of hydrogen-bond donors (Lipinski definition) is 0. The maximum Gasteiger partial charge on any atom is 0.267 e. The van der Waals surface area contributed by atoms with Crippen LogP contribution in [-0.2, 0) is 4.74 Å². The van der Waals surface area contributed by atoms with Gasteiger partial charge in [0.15, 0.2) is 6.10 Å². The molecular weight excluding hydrogens is 330 g/mol. The highest BCUT2D eigenvalue weighted by Crippen LogP contribution is 2.25. The molecule has 0 bridgehead atoms. The summed E-state index contributed by atoms with van der Waals surface area (Å²) in [6.07, 6.45) is -0.314. The lowest BCUT2D eigenvalue weighted by atomic mass is 10.2. The van der Waals surface area contributed by atoms with E-state index < -0.39 is 0 Å². The molecule has 6 heteroatoms. The highest BCUT2D eigenvalue weighted by Gasteiger charge is 2.17. The number of hydrogen-bond acceptors (Lipinski definition) is 6. The molecule has 1 atom stereocenters. The zero-order chi connectivity index (χ0) is 17.8. The monoisotopic (exact) mass is 351 g/mol. The standard InChI is InChI=1S/C20H21N3O3/c1-15(25-18-5-3-2-4-6-18)20-21-19(22-26-20)16-7-9-17(10-8-16)23-11-13-24-14-12-23/h2-10,15H,11-14H2,1H3/t15-/m0/s1. The molecule has 0 aliphatic carbocycles. The van der Waals surface area contributed by atoms with Crippen molar-refractivity contribution in [3.63, 3.8) is 0 Å². The second-order valence-corrected chi connectivity index (χ2v) is 6.18. The maximum atomic E-state index is 5.83. The summed E-state index contributed by atoms with van der Waals surface area (Å²) in [5, 5.41) is 4.09. The number of ether oxygens (including phenoxy) is 2. The van der Waals surface area contributed by atoms with E-state index in [1.54, 1.807) is 0 Å². The SMILES string of the molecule is C[C@H](Oc1ccccc1)c1nc(-c2ccc(N3CCOCC3)cc2)no1. The van der Waals surface area contributed by atoms with Gasteiger partial charge in [0.05, 0.1) is 13.2 Å². The Labute approximate surface area is 152 Å². The normalized spacial score (nSPS) is 15.7. The Bertz CT molecular complexity index is 827. The van der Waals surface area contributed by atoms with Crippen LogP contribution in [-0.4, -0.2) is 36.4 Å². The van der Waals surface area contributed by atoms with Gasteiger partial charge in [-0.1, -0.05) is 23.4 Å². The van der Waals surface area contributed by atoms with Gasteiger partial charge >= 0.3 is 0 Å². The molecule has 2 heterocycles. The summed E-state index contributed by atoms with van der Waals surface area (Å²) in [4.78, 5) is 6.79. The zero-order valence-electron chi connectivity index (χ0n) is 14.7. The third kappa shape index (κ3) is 3.70. The molecule has 3 aromatic rings. The van der Waals surface area contributed by atoms with Gasteiger partial charge in [0.25, 0.3) is 5.89 Å². The van der Waals surface area contributed by atoms with E-state index in [0.29, 0.717) is 11.7 Å². The Hall–Kier alpha value is -2.86. The van der Waals surface area contributed by atoms with E-state index in [2.05, 4.69) is 27.2 Å². The molecule has 2 aromatic carbocycles. The molecule has 1 fully saturated rings. The molecule has 0 radical (unpaired) electrons. The molecule has 0 amide bonds. The van der Waals surface area contributed by atoms with E-state index in [-0.39, 0.29) is 6.10 Å². The Morgan fingerprint density at radius 3 is 2.46 bits per heavy atom. The van der Waals surface area contributed by atoms with Gasteiger partial charge in [0.1, 0.15) is 5.75 Å². The summed E-state index contributed by atoms with van der Waals surface area (Å²) >= 11 is 0. The van der Waals surface area contributed by atoms with E-state index in [9.17, 15) is 0 Å². The number of anilines is 1. The molecular formula is C20H21N3O3. The highest BCUT2D eigenvalue weighted by molar-refractivity contribution is 5.60. The highest BCUT2D eigenvalue weighted by atomic mass is 16.5. The van der Waals surface area contributed by atoms with Gasteiger partial charge in [-0.2, -0.15) is 4.98 Å². The fourth-order valence-electron chi connectivity index (χ4n) is 2.91. The molecule has 1 saturated heterocycles. The van der Waals surface area contributed by atoms with Gasteiger partial charge in [-0.25, -0.2) is 0 Å². The number of rotatable bonds is 5. The van der Waals surface area contributed by atoms with Crippen LogP contribution in [0.15, 0.2) is 59.1 Å². The quantitative estimate of drug-likeness (QED) is 0.698. The second-order valence-electron chi connectivity index (χ2n) is 6.18. The van der Waals surface area contributed by atoms with Crippen LogP contribution >= 0.6 is 0 Å². The molecule has 1 aromatic heterocycles. The van der Waals surface area contributed by atoms with Crippen molar-refractivity contribution in [3.8, 4) is 17.1 Å². The Balaban J connectivity index is 1.45. The van der Waals surface area contributed by atoms with E-state index in [1.807, 2.05) is 49.4 Å². The van der Waals surface area contributed by atoms with Crippen molar-refractivity contribution in [1.29, 1.82) is 0 Å². The van der Waals surface area contributed by atoms with E-state index in [1.165, 1.54) is 5.69 Å². The lowest BCUT2D eigenvalue weighted by molar-refractivity contribution is 0.122. The predicted octanol–water partition coefficient (Wildman–Crippen LogP) is 3.71. The van der Waals surface area contributed by atoms with Crippen LogP contribution in [0.5, 0.6) is 5.75 Å². The summed E-state index contributed by atoms with van der Waals surface area (Å²) in [5.74, 6) is 1.80. The molecule has 26 heavy (non-hydrogen) atoms. The molecule has 0 unspecified atom stereocenters. The lowest BCUT2D eigenvalue weighted by Gasteiger charge is -2.28. The summed E-state index contributed by atoms with van der Waals surface area (Å²) in [6.45, 7) is 5.27. The van der Waals surface area contributed by atoms with Gasteiger partial charge in [-0.15, -0.1) is 0 Å². The number of para-hydroxylation sites is 1. The summed E-state index contributed by atoms with van der Waals surface area (Å²) < 4.78 is 16.6. The minimum absolute atomic E-state index is 0.314. The van der Waals surface area contributed by atoms with Crippen molar-refractivity contribution in [2.24, 2.45) is 0 Å². The van der Waals surface area contributed by atoms with Crippen LogP contribution in [0, 0.1) is 0 Å². The first-order valence-electron chi connectivity index (χ1n) is 8.78. The van der Waals surface area contributed by atoms with Gasteiger partial charge in [-0.3, -0.25) is 0 Å². The van der Waals surface area contributed by atoms with Gasteiger partial charge in [-0.05, 0) is 43.3 Å². The molecule has 1 aliphatic heterocycles. The summed E-state index contributed by atoms with van der Waals surface area (Å²) in [7, 11) is 0. The average Bonchev–Trinajstić information content (AvgIpc) is 3.20. The number of morpholine rings is 1. The van der Waals surface area contributed by atoms with Crippen LogP contribution in [0.1, 0.15) is 18.9 Å². The number of nitrogens with zero attached hydrogens (tertiary/aromatic N) is 3. The third-order valence-corrected chi connectivity index (χ3v) is 4.35. The van der Waals surface area contributed by atoms with Crippen LogP contribution in [0.3, 0.4) is 0 Å². The third-order valence-electron chi connectivity index (χ3n) is 4.35. The molecule has 134 valence electrons. The van der Waals surface area contributed by atoms with Crippen molar-refractivity contribution in [1.82, 2.24) is 10.1 Å². The van der Waals surface area contributed by atoms with Gasteiger partial charge < -0.3 is 18.9 Å². The number of benzene rings is 2. The van der Waals surface area contributed by atoms with E-state index in [4.69, 9.17) is 14.0 Å². The van der Waals surface area contributed by atoms with Gasteiger partial charge in [0.2, 0.25) is 5.82 Å². The minimum Gasteiger partial charge on any atom is -0.481 e. The molecule has 0 saturated carbocycles. The Morgan fingerprint density at radius 2 is 1.73 bits per heavy atom. The Morgan fingerprint density at radius 1 is 1.00 bits per heavy atom. The van der Waals surface area contributed by atoms with E-state index >= 15 is 0 Å².